The molecule has 0 aliphatic carbocycles. The van der Waals surface area contributed by atoms with Crippen molar-refractivity contribution < 1.29 is 14.3 Å². The maximum atomic E-state index is 11.4. The molecule has 0 aromatic heterocycles. The van der Waals surface area contributed by atoms with Crippen LogP contribution in [0.5, 0.6) is 5.75 Å². The smallest absolute Gasteiger partial charge is 0.306 e. The van der Waals surface area contributed by atoms with Gasteiger partial charge in [0.05, 0.1) is 13.7 Å². The molecule has 0 heterocycles. The molecule has 5 heteroatoms. The molecule has 112 valence electrons. The van der Waals surface area contributed by atoms with Crippen molar-refractivity contribution in [2.45, 2.75) is 32.7 Å². The Balaban J connectivity index is 2.68. The Kier molecular flexibility index (Phi) is 6.82. The normalized spacial score (nSPS) is 13.7. The molecule has 2 N–H and O–H groups in total. The van der Waals surface area contributed by atoms with Crippen molar-refractivity contribution in [2.75, 3.05) is 13.7 Å². The predicted molar refractivity (Wildman–Crippen MR) is 80.0 cm³/mol. The van der Waals surface area contributed by atoms with Crippen molar-refractivity contribution in [3.05, 3.63) is 28.8 Å². The lowest BCUT2D eigenvalue weighted by Gasteiger charge is -2.19. The van der Waals surface area contributed by atoms with E-state index in [9.17, 15) is 4.79 Å². The van der Waals surface area contributed by atoms with E-state index >= 15 is 0 Å². The standard InChI is InChI=1S/C15H22ClNO3/c1-4-20-15(18)8-10(2)7-13(17)12-9-11(16)5-6-14(12)19-3/h5-6,9-10,13H,4,7-8,17H2,1-3H3. The average molecular weight is 300 g/mol. The summed E-state index contributed by atoms with van der Waals surface area (Å²) in [6.07, 6.45) is 1.03. The van der Waals surface area contributed by atoms with Crippen LogP contribution in [0.4, 0.5) is 0 Å². The number of ether oxygens (including phenoxy) is 2. The summed E-state index contributed by atoms with van der Waals surface area (Å²) in [7, 11) is 1.60. The molecule has 0 spiro atoms. The molecule has 0 aliphatic heterocycles. The molecule has 0 bridgehead atoms. The van der Waals surface area contributed by atoms with Gasteiger partial charge in [0.2, 0.25) is 0 Å². The lowest BCUT2D eigenvalue weighted by Crippen LogP contribution is -2.18. The van der Waals surface area contributed by atoms with Crippen LogP contribution in [0.15, 0.2) is 18.2 Å². The highest BCUT2D eigenvalue weighted by Gasteiger charge is 2.18. The van der Waals surface area contributed by atoms with Gasteiger partial charge >= 0.3 is 5.97 Å². The first-order valence-corrected chi connectivity index (χ1v) is 7.10. The van der Waals surface area contributed by atoms with Gasteiger partial charge in [-0.15, -0.1) is 0 Å². The van der Waals surface area contributed by atoms with Crippen LogP contribution in [0.3, 0.4) is 0 Å². The summed E-state index contributed by atoms with van der Waals surface area (Å²) in [6.45, 7) is 4.18. The number of methoxy groups -OCH3 is 1. The second-order valence-electron chi connectivity index (χ2n) is 4.84. The molecule has 4 nitrogen and oxygen atoms in total. The molecule has 0 radical (unpaired) electrons. The van der Waals surface area contributed by atoms with Gasteiger partial charge in [-0.25, -0.2) is 0 Å². The highest BCUT2D eigenvalue weighted by molar-refractivity contribution is 6.30. The molecule has 1 aromatic rings. The number of esters is 1. The van der Waals surface area contributed by atoms with Crippen LogP contribution >= 0.6 is 11.6 Å². The molecular formula is C15H22ClNO3. The Hall–Kier alpha value is -1.26. The van der Waals surface area contributed by atoms with E-state index < -0.39 is 0 Å². The number of carbonyl (C=O) groups is 1. The quantitative estimate of drug-likeness (QED) is 0.785. The highest BCUT2D eigenvalue weighted by atomic mass is 35.5. The van der Waals surface area contributed by atoms with Gasteiger partial charge in [0.1, 0.15) is 5.75 Å². The van der Waals surface area contributed by atoms with Gasteiger partial charge in [-0.2, -0.15) is 0 Å². The second-order valence-corrected chi connectivity index (χ2v) is 5.28. The van der Waals surface area contributed by atoms with Gasteiger partial charge < -0.3 is 15.2 Å². The minimum Gasteiger partial charge on any atom is -0.496 e. The molecule has 1 aromatic carbocycles. The van der Waals surface area contributed by atoms with Crippen molar-refractivity contribution in [2.24, 2.45) is 11.7 Å². The van der Waals surface area contributed by atoms with E-state index in [1.54, 1.807) is 26.2 Å². The largest absolute Gasteiger partial charge is 0.496 e. The van der Waals surface area contributed by atoms with Crippen molar-refractivity contribution in [3.63, 3.8) is 0 Å². The van der Waals surface area contributed by atoms with Crippen molar-refractivity contribution in [1.29, 1.82) is 0 Å². The number of nitrogens with two attached hydrogens (primary N) is 1. The minimum atomic E-state index is -0.229. The van der Waals surface area contributed by atoms with Gasteiger partial charge in [0, 0.05) is 23.0 Å². The Morgan fingerprint density at radius 3 is 2.75 bits per heavy atom. The number of hydrogen-bond donors (Lipinski definition) is 1. The summed E-state index contributed by atoms with van der Waals surface area (Å²) in [6, 6.07) is 5.14. The topological polar surface area (TPSA) is 61.5 Å². The number of hydrogen-bond acceptors (Lipinski definition) is 4. The molecule has 0 saturated heterocycles. The number of benzene rings is 1. The second kappa shape index (κ2) is 8.12. The lowest BCUT2D eigenvalue weighted by atomic mass is 9.94. The number of carbonyl (C=O) groups excluding carboxylic acids is 1. The van der Waals surface area contributed by atoms with Gasteiger partial charge in [-0.05, 0) is 37.5 Å². The van der Waals surface area contributed by atoms with Crippen LogP contribution in [0.1, 0.15) is 38.3 Å². The van der Waals surface area contributed by atoms with E-state index in [1.807, 2.05) is 13.0 Å². The van der Waals surface area contributed by atoms with Crippen LogP contribution < -0.4 is 10.5 Å². The summed E-state index contributed by atoms with van der Waals surface area (Å²) >= 11 is 5.99. The molecule has 1 rings (SSSR count). The SMILES string of the molecule is CCOC(=O)CC(C)CC(N)c1cc(Cl)ccc1OC. The summed E-state index contributed by atoms with van der Waals surface area (Å²) in [5, 5.41) is 0.620. The van der Waals surface area contributed by atoms with Crippen LogP contribution in [-0.4, -0.2) is 19.7 Å². The summed E-state index contributed by atoms with van der Waals surface area (Å²) < 4.78 is 10.2. The third-order valence-corrected chi connectivity index (χ3v) is 3.30. The first-order valence-electron chi connectivity index (χ1n) is 6.72. The number of rotatable bonds is 7. The third-order valence-electron chi connectivity index (χ3n) is 3.07. The molecule has 0 saturated carbocycles. The van der Waals surface area contributed by atoms with E-state index in [2.05, 4.69) is 0 Å². The fraction of sp³-hybridized carbons (Fsp3) is 0.533. The highest BCUT2D eigenvalue weighted by Crippen LogP contribution is 2.31. The van der Waals surface area contributed by atoms with Gasteiger partial charge in [-0.3, -0.25) is 4.79 Å². The first-order chi connectivity index (χ1) is 9.47. The molecule has 2 atom stereocenters. The van der Waals surface area contributed by atoms with Gasteiger partial charge in [-0.1, -0.05) is 18.5 Å². The van der Waals surface area contributed by atoms with Crippen LogP contribution in [0.2, 0.25) is 5.02 Å². The van der Waals surface area contributed by atoms with Crippen LogP contribution in [0, 0.1) is 5.92 Å². The molecule has 0 amide bonds. The third kappa shape index (κ3) is 5.02. The fourth-order valence-corrected chi connectivity index (χ4v) is 2.32. The molecule has 2 unspecified atom stereocenters. The fourth-order valence-electron chi connectivity index (χ4n) is 2.14. The van der Waals surface area contributed by atoms with Crippen LogP contribution in [-0.2, 0) is 9.53 Å². The van der Waals surface area contributed by atoms with Crippen LogP contribution in [0.25, 0.3) is 0 Å². The van der Waals surface area contributed by atoms with E-state index in [0.29, 0.717) is 30.2 Å². The van der Waals surface area contributed by atoms with Crippen molar-refractivity contribution in [3.8, 4) is 5.75 Å². The zero-order valence-corrected chi connectivity index (χ0v) is 12.9. The lowest BCUT2D eigenvalue weighted by molar-refractivity contribution is -0.144. The van der Waals surface area contributed by atoms with E-state index in [4.69, 9.17) is 26.8 Å². The number of halogens is 1. The van der Waals surface area contributed by atoms with Crippen molar-refractivity contribution >= 4 is 17.6 Å². The first kappa shape index (κ1) is 16.8. The van der Waals surface area contributed by atoms with E-state index in [-0.39, 0.29) is 17.9 Å². The Labute approximate surface area is 125 Å². The Morgan fingerprint density at radius 2 is 2.15 bits per heavy atom. The monoisotopic (exact) mass is 299 g/mol. The summed E-state index contributed by atoms with van der Waals surface area (Å²) in [5.41, 5.74) is 7.06. The zero-order valence-electron chi connectivity index (χ0n) is 12.2. The Bertz CT molecular complexity index is 451. The average Bonchev–Trinajstić information content (AvgIpc) is 2.38. The van der Waals surface area contributed by atoms with Crippen molar-refractivity contribution in [1.82, 2.24) is 0 Å². The Morgan fingerprint density at radius 1 is 1.45 bits per heavy atom. The summed E-state index contributed by atoms with van der Waals surface area (Å²) in [4.78, 5) is 11.4. The van der Waals surface area contributed by atoms with Gasteiger partial charge in [0.25, 0.3) is 0 Å². The molecule has 20 heavy (non-hydrogen) atoms. The van der Waals surface area contributed by atoms with E-state index in [1.165, 1.54) is 0 Å². The maximum Gasteiger partial charge on any atom is 0.306 e. The molecular weight excluding hydrogens is 278 g/mol. The van der Waals surface area contributed by atoms with Gasteiger partial charge in [0.15, 0.2) is 0 Å². The zero-order chi connectivity index (χ0) is 15.1. The minimum absolute atomic E-state index is 0.132. The summed E-state index contributed by atoms with van der Waals surface area (Å²) in [5.74, 6) is 0.656. The maximum absolute atomic E-state index is 11.4. The molecule has 0 aliphatic rings. The molecule has 0 fully saturated rings. The predicted octanol–water partition coefficient (Wildman–Crippen LogP) is 3.33. The van der Waals surface area contributed by atoms with E-state index in [0.717, 1.165) is 5.56 Å².